The second-order valence-corrected chi connectivity index (χ2v) is 7.00. The van der Waals surface area contributed by atoms with Crippen LogP contribution in [0.4, 0.5) is 17.6 Å². The third-order valence-electron chi connectivity index (χ3n) is 2.94. The molecule has 0 saturated carbocycles. The van der Waals surface area contributed by atoms with Gasteiger partial charge in [-0.15, -0.1) is 0 Å². The molecule has 0 aliphatic rings. The summed E-state index contributed by atoms with van der Waals surface area (Å²) in [5.74, 6) is -1.59. The summed E-state index contributed by atoms with van der Waals surface area (Å²) in [6, 6.07) is 2.23. The smallest absolute Gasteiger partial charge is 0.310 e. The first-order valence-corrected chi connectivity index (χ1v) is 8.39. The van der Waals surface area contributed by atoms with Crippen LogP contribution in [0.25, 0.3) is 0 Å². The number of alkyl halides is 3. The quantitative estimate of drug-likeness (QED) is 0.817. The van der Waals surface area contributed by atoms with Gasteiger partial charge in [0, 0.05) is 17.9 Å². The summed E-state index contributed by atoms with van der Waals surface area (Å²) in [4.78, 5) is 0. The second-order valence-electron chi connectivity index (χ2n) is 4.74. The van der Waals surface area contributed by atoms with Crippen molar-refractivity contribution in [3.63, 3.8) is 0 Å². The fourth-order valence-corrected chi connectivity index (χ4v) is 2.65. The minimum atomic E-state index is -4.78. The van der Waals surface area contributed by atoms with E-state index in [-0.39, 0.29) is 17.7 Å². The Kier molecular flexibility index (Phi) is 5.75. The van der Waals surface area contributed by atoms with Gasteiger partial charge in [-0.1, -0.05) is 19.1 Å². The molecule has 1 N–H and O–H groups in total. The molecule has 1 unspecified atom stereocenters. The Bertz CT molecular complexity index is 584. The standard InChI is InChI=1S/C13H17F4NO2S/c1-3-18-11(7-8-21(2,19)20)9-5-4-6-10(12(9)14)13(15,16)17/h4-6,11,18H,3,7-8H2,1-2H3. The highest BCUT2D eigenvalue weighted by Crippen LogP contribution is 2.34. The summed E-state index contributed by atoms with van der Waals surface area (Å²) in [6.45, 7) is 2.09. The highest BCUT2D eigenvalue weighted by molar-refractivity contribution is 7.90. The highest BCUT2D eigenvalue weighted by Gasteiger charge is 2.35. The van der Waals surface area contributed by atoms with Gasteiger partial charge in [0.25, 0.3) is 0 Å². The fourth-order valence-electron chi connectivity index (χ4n) is 1.98. The predicted octanol–water partition coefficient (Wildman–Crippen LogP) is 2.93. The number of nitrogens with one attached hydrogen (secondary N) is 1. The van der Waals surface area contributed by atoms with Crippen molar-refractivity contribution in [3.8, 4) is 0 Å². The minimum absolute atomic E-state index is 0.00486. The molecule has 0 radical (unpaired) electrons. The van der Waals surface area contributed by atoms with Crippen LogP contribution in [0.5, 0.6) is 0 Å². The van der Waals surface area contributed by atoms with Crippen LogP contribution in [0.15, 0.2) is 18.2 Å². The molecule has 0 aromatic heterocycles. The lowest BCUT2D eigenvalue weighted by molar-refractivity contribution is -0.140. The van der Waals surface area contributed by atoms with Crippen LogP contribution in [0.2, 0.25) is 0 Å². The maximum Gasteiger partial charge on any atom is 0.419 e. The third-order valence-corrected chi connectivity index (χ3v) is 3.91. The Labute approximate surface area is 121 Å². The molecular weight excluding hydrogens is 310 g/mol. The van der Waals surface area contributed by atoms with Crippen LogP contribution in [-0.2, 0) is 16.0 Å². The lowest BCUT2D eigenvalue weighted by Gasteiger charge is -2.20. The molecule has 8 heteroatoms. The van der Waals surface area contributed by atoms with E-state index in [1.807, 2.05) is 0 Å². The molecule has 0 fully saturated rings. The molecule has 0 amide bonds. The lowest BCUT2D eigenvalue weighted by Crippen LogP contribution is -2.25. The molecule has 120 valence electrons. The topological polar surface area (TPSA) is 46.2 Å². The zero-order valence-electron chi connectivity index (χ0n) is 11.7. The van der Waals surface area contributed by atoms with Crippen LogP contribution in [0.1, 0.15) is 30.5 Å². The first kappa shape index (κ1) is 17.9. The van der Waals surface area contributed by atoms with Crippen molar-refractivity contribution in [1.82, 2.24) is 5.32 Å². The second kappa shape index (κ2) is 6.74. The predicted molar refractivity (Wildman–Crippen MR) is 72.1 cm³/mol. The Balaban J connectivity index is 3.14. The van der Waals surface area contributed by atoms with Gasteiger partial charge in [0.05, 0.1) is 11.3 Å². The zero-order valence-corrected chi connectivity index (χ0v) is 12.5. The van der Waals surface area contributed by atoms with Gasteiger partial charge in [0.15, 0.2) is 0 Å². The summed E-state index contributed by atoms with van der Waals surface area (Å²) >= 11 is 0. The lowest BCUT2D eigenvalue weighted by atomic mass is 10.0. The number of sulfone groups is 1. The van der Waals surface area contributed by atoms with Gasteiger partial charge in [-0.3, -0.25) is 0 Å². The molecular formula is C13H17F4NO2S. The highest BCUT2D eigenvalue weighted by atomic mass is 32.2. The van der Waals surface area contributed by atoms with Crippen molar-refractivity contribution in [2.45, 2.75) is 25.6 Å². The van der Waals surface area contributed by atoms with Crippen molar-refractivity contribution in [3.05, 3.63) is 35.1 Å². The Hall–Kier alpha value is -1.15. The van der Waals surface area contributed by atoms with Gasteiger partial charge in [-0.2, -0.15) is 13.2 Å². The van der Waals surface area contributed by atoms with Gasteiger partial charge in [0.1, 0.15) is 15.7 Å². The first-order chi connectivity index (χ1) is 9.56. The number of hydrogen-bond acceptors (Lipinski definition) is 3. The van der Waals surface area contributed by atoms with E-state index >= 15 is 0 Å². The summed E-state index contributed by atoms with van der Waals surface area (Å²) in [5.41, 5.74) is -1.52. The Morgan fingerprint density at radius 1 is 1.29 bits per heavy atom. The van der Waals surface area contributed by atoms with Crippen molar-refractivity contribution in [2.24, 2.45) is 0 Å². The monoisotopic (exact) mass is 327 g/mol. The Morgan fingerprint density at radius 2 is 1.90 bits per heavy atom. The fraction of sp³-hybridized carbons (Fsp3) is 0.538. The molecule has 1 atom stereocenters. The molecule has 0 spiro atoms. The molecule has 3 nitrogen and oxygen atoms in total. The average molecular weight is 327 g/mol. The summed E-state index contributed by atoms with van der Waals surface area (Å²) < 4.78 is 74.5. The summed E-state index contributed by atoms with van der Waals surface area (Å²) in [6.07, 6.45) is -3.75. The van der Waals surface area contributed by atoms with E-state index in [0.29, 0.717) is 12.6 Å². The van der Waals surface area contributed by atoms with E-state index in [9.17, 15) is 26.0 Å². The number of hydrogen-bond donors (Lipinski definition) is 1. The number of halogens is 4. The van der Waals surface area contributed by atoms with Gasteiger partial charge in [-0.25, -0.2) is 12.8 Å². The van der Waals surface area contributed by atoms with E-state index in [1.54, 1.807) is 6.92 Å². The first-order valence-electron chi connectivity index (χ1n) is 6.33. The van der Waals surface area contributed by atoms with Crippen molar-refractivity contribution >= 4 is 9.84 Å². The van der Waals surface area contributed by atoms with Crippen LogP contribution >= 0.6 is 0 Å². The maximum atomic E-state index is 14.1. The van der Waals surface area contributed by atoms with Crippen molar-refractivity contribution in [1.29, 1.82) is 0 Å². The van der Waals surface area contributed by atoms with Crippen molar-refractivity contribution in [2.75, 3.05) is 18.6 Å². The molecule has 21 heavy (non-hydrogen) atoms. The largest absolute Gasteiger partial charge is 0.419 e. The van der Waals surface area contributed by atoms with Gasteiger partial charge >= 0.3 is 6.18 Å². The molecule has 1 aromatic carbocycles. The Morgan fingerprint density at radius 3 is 2.38 bits per heavy atom. The van der Waals surface area contributed by atoms with Crippen LogP contribution < -0.4 is 5.32 Å². The molecule has 0 aliphatic heterocycles. The molecule has 0 saturated heterocycles. The molecule has 1 aromatic rings. The van der Waals surface area contributed by atoms with E-state index in [2.05, 4.69) is 5.32 Å². The van der Waals surface area contributed by atoms with E-state index in [0.717, 1.165) is 12.3 Å². The maximum absolute atomic E-state index is 14.1. The van der Waals surface area contributed by atoms with Gasteiger partial charge in [-0.05, 0) is 19.0 Å². The molecule has 1 rings (SSSR count). The van der Waals surface area contributed by atoms with Crippen LogP contribution in [0.3, 0.4) is 0 Å². The average Bonchev–Trinajstić information content (AvgIpc) is 2.32. The van der Waals surface area contributed by atoms with Gasteiger partial charge in [0.2, 0.25) is 0 Å². The molecule has 0 heterocycles. The summed E-state index contributed by atoms with van der Waals surface area (Å²) in [7, 11) is -3.28. The minimum Gasteiger partial charge on any atom is -0.310 e. The van der Waals surface area contributed by atoms with Crippen LogP contribution in [0, 0.1) is 5.82 Å². The molecule has 0 bridgehead atoms. The zero-order chi connectivity index (χ0) is 16.3. The van der Waals surface area contributed by atoms with E-state index in [1.165, 1.54) is 6.07 Å². The third kappa shape index (κ3) is 5.28. The van der Waals surface area contributed by atoms with E-state index < -0.39 is 33.4 Å². The van der Waals surface area contributed by atoms with E-state index in [4.69, 9.17) is 0 Å². The number of rotatable bonds is 6. The normalized spacial score (nSPS) is 14.2. The number of benzene rings is 1. The molecule has 0 aliphatic carbocycles. The van der Waals surface area contributed by atoms with Gasteiger partial charge < -0.3 is 5.32 Å². The van der Waals surface area contributed by atoms with Crippen LogP contribution in [-0.4, -0.2) is 27.0 Å². The van der Waals surface area contributed by atoms with Crippen molar-refractivity contribution < 1.29 is 26.0 Å². The SMILES string of the molecule is CCNC(CCS(C)(=O)=O)c1cccc(C(F)(F)F)c1F. The summed E-state index contributed by atoms with van der Waals surface area (Å²) in [5, 5.41) is 2.82.